The Balaban J connectivity index is 1.70. The van der Waals surface area contributed by atoms with E-state index in [-0.39, 0.29) is 11.5 Å². The third kappa shape index (κ3) is 4.15. The smallest absolute Gasteiger partial charge is 0.210 e. The highest BCUT2D eigenvalue weighted by Gasteiger charge is 2.29. The molecule has 0 N–H and O–H groups in total. The van der Waals surface area contributed by atoms with Gasteiger partial charge in [-0.1, -0.05) is 48.5 Å². The summed E-state index contributed by atoms with van der Waals surface area (Å²) in [6, 6.07) is 23.9. The Kier molecular flexibility index (Phi) is 6.39. The number of fused-ring (bicyclic) bond motifs is 2. The summed E-state index contributed by atoms with van der Waals surface area (Å²) in [5, 5.41) is 22.0. The summed E-state index contributed by atoms with van der Waals surface area (Å²) in [5.41, 5.74) is -1.59. The minimum Gasteiger partial charge on any atom is -0.496 e. The second-order valence-electron chi connectivity index (χ2n) is 8.16. The summed E-state index contributed by atoms with van der Waals surface area (Å²) >= 11 is 0. The van der Waals surface area contributed by atoms with Gasteiger partial charge in [0, 0.05) is 22.9 Å². The molecule has 0 spiro atoms. The number of benzene rings is 5. The average molecular weight is 508 g/mol. The molecule has 8 heteroatoms. The van der Waals surface area contributed by atoms with Gasteiger partial charge in [0.15, 0.2) is 11.6 Å². The lowest BCUT2D eigenvalue weighted by molar-refractivity contribution is 0.368. The van der Waals surface area contributed by atoms with Crippen molar-refractivity contribution < 1.29 is 27.7 Å². The van der Waals surface area contributed by atoms with Crippen LogP contribution in [0.1, 0.15) is 11.1 Å². The lowest BCUT2D eigenvalue weighted by Gasteiger charge is -2.17. The molecular formula is C30H18F2N2O4. The monoisotopic (exact) mass is 508 g/mol. The molecular weight excluding hydrogens is 490 g/mol. The molecule has 0 aromatic heterocycles. The SMILES string of the molecule is COc1cc(Oc2c(F)c(C#N)c(C#N)c(F)c2Oc2cc(OC)c3ccccc3c2)cc2ccccc12. The van der Waals surface area contributed by atoms with E-state index < -0.39 is 34.3 Å². The molecule has 0 saturated carbocycles. The quantitative estimate of drug-likeness (QED) is 0.235. The van der Waals surface area contributed by atoms with E-state index >= 15 is 8.78 Å². The van der Waals surface area contributed by atoms with Gasteiger partial charge in [0.05, 0.1) is 14.2 Å². The molecule has 0 unspecified atom stereocenters. The number of rotatable bonds is 6. The molecule has 5 rings (SSSR count). The van der Waals surface area contributed by atoms with Crippen molar-refractivity contribution in [2.75, 3.05) is 14.2 Å². The minimum atomic E-state index is -1.24. The fraction of sp³-hybridized carbons (Fsp3) is 0.0667. The van der Waals surface area contributed by atoms with Crippen molar-refractivity contribution in [2.45, 2.75) is 0 Å². The van der Waals surface area contributed by atoms with Gasteiger partial charge in [0.2, 0.25) is 11.5 Å². The van der Waals surface area contributed by atoms with Crippen LogP contribution in [-0.2, 0) is 0 Å². The van der Waals surface area contributed by atoms with E-state index in [0.29, 0.717) is 11.5 Å². The fourth-order valence-corrected chi connectivity index (χ4v) is 4.23. The maximum absolute atomic E-state index is 15.6. The standard InChI is InChI=1S/C30H18F2N2O4/c1-35-25-13-19(11-17-7-3-5-9-21(17)25)37-29-27(31)23(15-33)24(16-34)28(32)30(29)38-20-12-18-8-4-6-10-22(18)26(14-20)36-2/h3-14H,1-2H3. The van der Waals surface area contributed by atoms with Crippen molar-refractivity contribution >= 4 is 21.5 Å². The average Bonchev–Trinajstić information content (AvgIpc) is 2.95. The topological polar surface area (TPSA) is 84.5 Å². The van der Waals surface area contributed by atoms with E-state index in [0.717, 1.165) is 21.5 Å². The normalized spacial score (nSPS) is 10.6. The van der Waals surface area contributed by atoms with Crippen molar-refractivity contribution in [1.82, 2.24) is 0 Å². The van der Waals surface area contributed by atoms with Gasteiger partial charge in [-0.2, -0.15) is 10.5 Å². The lowest BCUT2D eigenvalue weighted by atomic mass is 10.1. The highest BCUT2D eigenvalue weighted by molar-refractivity contribution is 5.90. The van der Waals surface area contributed by atoms with Gasteiger partial charge in [-0.3, -0.25) is 0 Å². The van der Waals surface area contributed by atoms with Crippen LogP contribution < -0.4 is 18.9 Å². The van der Waals surface area contributed by atoms with Crippen molar-refractivity contribution in [1.29, 1.82) is 10.5 Å². The number of hydrogen-bond acceptors (Lipinski definition) is 6. The van der Waals surface area contributed by atoms with Gasteiger partial charge in [-0.25, -0.2) is 8.78 Å². The zero-order valence-electron chi connectivity index (χ0n) is 20.2. The second-order valence-corrected chi connectivity index (χ2v) is 8.16. The van der Waals surface area contributed by atoms with Gasteiger partial charge in [-0.05, 0) is 22.9 Å². The molecule has 0 heterocycles. The van der Waals surface area contributed by atoms with Crippen LogP contribution in [0.5, 0.6) is 34.5 Å². The molecule has 6 nitrogen and oxygen atoms in total. The number of methoxy groups -OCH3 is 2. The van der Waals surface area contributed by atoms with Crippen molar-refractivity contribution in [3.63, 3.8) is 0 Å². The number of hydrogen-bond donors (Lipinski definition) is 0. The summed E-state index contributed by atoms with van der Waals surface area (Å²) in [4.78, 5) is 0. The number of nitrogens with zero attached hydrogens (tertiary/aromatic N) is 2. The first-order valence-corrected chi connectivity index (χ1v) is 11.3. The molecule has 38 heavy (non-hydrogen) atoms. The maximum Gasteiger partial charge on any atom is 0.210 e. The molecule has 0 aliphatic carbocycles. The van der Waals surface area contributed by atoms with E-state index in [4.69, 9.17) is 18.9 Å². The Morgan fingerprint density at radius 1 is 0.605 bits per heavy atom. The zero-order valence-corrected chi connectivity index (χ0v) is 20.2. The van der Waals surface area contributed by atoms with Gasteiger partial charge in [0.1, 0.15) is 46.3 Å². The lowest BCUT2D eigenvalue weighted by Crippen LogP contribution is -2.04. The van der Waals surface area contributed by atoms with E-state index in [9.17, 15) is 10.5 Å². The van der Waals surface area contributed by atoms with Gasteiger partial charge < -0.3 is 18.9 Å². The van der Waals surface area contributed by atoms with Crippen LogP contribution in [0.2, 0.25) is 0 Å². The van der Waals surface area contributed by atoms with Crippen LogP contribution in [0.3, 0.4) is 0 Å². The zero-order chi connectivity index (χ0) is 26.8. The molecule has 186 valence electrons. The van der Waals surface area contributed by atoms with Crippen molar-refractivity contribution in [3.05, 3.63) is 95.6 Å². The molecule has 0 aliphatic rings. The predicted octanol–water partition coefficient (Wildman–Crippen LogP) is 7.62. The van der Waals surface area contributed by atoms with Crippen LogP contribution in [-0.4, -0.2) is 14.2 Å². The Bertz CT molecular complexity index is 1670. The highest BCUT2D eigenvalue weighted by Crippen LogP contribution is 2.45. The molecule has 0 radical (unpaired) electrons. The van der Waals surface area contributed by atoms with Crippen LogP contribution in [0.25, 0.3) is 21.5 Å². The van der Waals surface area contributed by atoms with Crippen molar-refractivity contribution in [2.24, 2.45) is 0 Å². The van der Waals surface area contributed by atoms with E-state index in [1.54, 1.807) is 36.4 Å². The summed E-state index contributed by atoms with van der Waals surface area (Å²) in [6.07, 6.45) is 0. The van der Waals surface area contributed by atoms with E-state index in [1.165, 1.54) is 26.4 Å². The Morgan fingerprint density at radius 3 is 1.37 bits per heavy atom. The van der Waals surface area contributed by atoms with Crippen LogP contribution in [0.4, 0.5) is 8.78 Å². The molecule has 0 amide bonds. The van der Waals surface area contributed by atoms with Gasteiger partial charge in [0.25, 0.3) is 0 Å². The number of halogens is 2. The highest BCUT2D eigenvalue weighted by atomic mass is 19.1. The van der Waals surface area contributed by atoms with Crippen LogP contribution in [0, 0.1) is 34.3 Å². The third-order valence-electron chi connectivity index (χ3n) is 5.99. The second kappa shape index (κ2) is 9.96. The minimum absolute atomic E-state index is 0.105. The molecule has 0 atom stereocenters. The van der Waals surface area contributed by atoms with Gasteiger partial charge >= 0.3 is 0 Å². The Hall–Kier alpha value is -5.34. The summed E-state index contributed by atoms with van der Waals surface area (Å²) in [5.74, 6) is -2.77. The molecule has 0 aliphatic heterocycles. The van der Waals surface area contributed by atoms with E-state index in [1.807, 2.05) is 36.4 Å². The molecule has 5 aromatic carbocycles. The maximum atomic E-state index is 15.6. The first-order chi connectivity index (χ1) is 18.5. The van der Waals surface area contributed by atoms with E-state index in [2.05, 4.69) is 0 Å². The van der Waals surface area contributed by atoms with Crippen LogP contribution in [0.15, 0.2) is 72.8 Å². The summed E-state index contributed by atoms with van der Waals surface area (Å²) < 4.78 is 53.8. The Labute approximate surface area is 216 Å². The summed E-state index contributed by atoms with van der Waals surface area (Å²) in [6.45, 7) is 0. The number of ether oxygens (including phenoxy) is 4. The van der Waals surface area contributed by atoms with Crippen LogP contribution >= 0.6 is 0 Å². The first-order valence-electron chi connectivity index (χ1n) is 11.3. The molecule has 5 aromatic rings. The van der Waals surface area contributed by atoms with Gasteiger partial charge in [-0.15, -0.1) is 0 Å². The Morgan fingerprint density at radius 2 is 1.00 bits per heavy atom. The largest absolute Gasteiger partial charge is 0.496 e. The predicted molar refractivity (Wildman–Crippen MR) is 137 cm³/mol. The first kappa shape index (κ1) is 24.4. The fourth-order valence-electron chi connectivity index (χ4n) is 4.23. The molecule has 0 saturated heterocycles. The van der Waals surface area contributed by atoms with Crippen molar-refractivity contribution in [3.8, 4) is 46.6 Å². The molecule has 0 fully saturated rings. The number of nitriles is 2. The third-order valence-corrected chi connectivity index (χ3v) is 5.99. The molecule has 0 bridgehead atoms. The summed E-state index contributed by atoms with van der Waals surface area (Å²) in [7, 11) is 2.95.